The van der Waals surface area contributed by atoms with Gasteiger partial charge >= 0.3 is 12.2 Å². The van der Waals surface area contributed by atoms with Gasteiger partial charge in [0.05, 0.1) is 11.7 Å². The average Bonchev–Trinajstić information content (AvgIpc) is 3.13. The normalized spacial score (nSPS) is 17.4. The molecule has 2 aliphatic heterocycles. The number of halogens is 3. The van der Waals surface area contributed by atoms with E-state index in [0.717, 1.165) is 0 Å². The number of urea groups is 1. The maximum absolute atomic E-state index is 13.1. The highest BCUT2D eigenvalue weighted by Crippen LogP contribution is 2.39. The molecule has 12 heteroatoms. The lowest BCUT2D eigenvalue weighted by atomic mass is 10.1. The number of alkyl halides is 3. The minimum Gasteiger partial charge on any atom is -0.366 e. The molecule has 1 atom stereocenters. The Morgan fingerprint density at radius 2 is 2.03 bits per heavy atom. The molecule has 0 aliphatic carbocycles. The minimum atomic E-state index is -4.55. The number of nitrogens with one attached hydrogen (secondary N) is 2. The number of aromatic nitrogens is 2. The van der Waals surface area contributed by atoms with E-state index in [1.165, 1.54) is 21.6 Å². The number of nitrogens with zero attached hydrogens (tertiary/aromatic N) is 4. The fraction of sp³-hybridized carbons (Fsp3) is 0.368. The van der Waals surface area contributed by atoms with Crippen LogP contribution in [0.15, 0.2) is 35.3 Å². The number of rotatable bonds is 3. The van der Waals surface area contributed by atoms with E-state index in [4.69, 9.17) is 0 Å². The van der Waals surface area contributed by atoms with E-state index in [2.05, 4.69) is 10.3 Å². The number of fused-ring (bicyclic) bond motifs is 4. The van der Waals surface area contributed by atoms with Crippen LogP contribution in [-0.2, 0) is 7.05 Å². The molecule has 0 spiro atoms. The fourth-order valence-corrected chi connectivity index (χ4v) is 3.74. The van der Waals surface area contributed by atoms with E-state index in [1.807, 2.05) is 4.90 Å². The predicted octanol–water partition coefficient (Wildman–Crippen LogP) is 1.70. The zero-order chi connectivity index (χ0) is 22.3. The summed E-state index contributed by atoms with van der Waals surface area (Å²) in [7, 11) is 1.55. The van der Waals surface area contributed by atoms with Crippen LogP contribution in [0, 0.1) is 0 Å². The molecule has 2 N–H and O–H groups in total. The van der Waals surface area contributed by atoms with E-state index >= 15 is 0 Å². The second-order valence-electron chi connectivity index (χ2n) is 7.36. The lowest BCUT2D eigenvalue weighted by Gasteiger charge is -2.35. The first-order chi connectivity index (χ1) is 14.6. The van der Waals surface area contributed by atoms with E-state index in [9.17, 15) is 27.6 Å². The Bertz CT molecular complexity index is 1100. The Morgan fingerprint density at radius 3 is 2.77 bits per heavy atom. The topological polar surface area (TPSA) is 99.6 Å². The molecule has 9 nitrogen and oxygen atoms in total. The number of carbonyl (C=O) groups is 2. The van der Waals surface area contributed by atoms with Crippen molar-refractivity contribution in [3.05, 3.63) is 46.5 Å². The Morgan fingerprint density at radius 1 is 1.26 bits per heavy atom. The summed E-state index contributed by atoms with van der Waals surface area (Å²) in [4.78, 5) is 45.0. The lowest BCUT2D eigenvalue weighted by Crippen LogP contribution is -2.49. The Balaban J connectivity index is 1.64. The van der Waals surface area contributed by atoms with Gasteiger partial charge in [0, 0.05) is 26.3 Å². The van der Waals surface area contributed by atoms with Gasteiger partial charge in [-0.3, -0.25) is 14.5 Å². The smallest absolute Gasteiger partial charge is 0.366 e. The van der Waals surface area contributed by atoms with Crippen LogP contribution in [0.1, 0.15) is 16.9 Å². The van der Waals surface area contributed by atoms with Gasteiger partial charge in [0.25, 0.3) is 11.5 Å². The van der Waals surface area contributed by atoms with Crippen LogP contribution < -0.4 is 26.0 Å². The largest absolute Gasteiger partial charge is 0.405 e. The van der Waals surface area contributed by atoms with Crippen LogP contribution in [0.4, 0.5) is 35.2 Å². The number of pyridine rings is 2. The van der Waals surface area contributed by atoms with Gasteiger partial charge in [0.2, 0.25) is 0 Å². The highest BCUT2D eigenvalue weighted by molar-refractivity contribution is 6.05. The number of amides is 3. The second-order valence-corrected chi connectivity index (χ2v) is 7.36. The van der Waals surface area contributed by atoms with Gasteiger partial charge < -0.3 is 20.1 Å². The molecule has 0 aromatic carbocycles. The summed E-state index contributed by atoms with van der Waals surface area (Å²) in [6.07, 6.45) is -2.36. The summed E-state index contributed by atoms with van der Waals surface area (Å²) in [5.41, 5.74) is 0.0431. The molecule has 0 saturated carbocycles. The van der Waals surface area contributed by atoms with Gasteiger partial charge in [-0.2, -0.15) is 13.2 Å². The predicted molar refractivity (Wildman–Crippen MR) is 106 cm³/mol. The molecule has 2 aliphatic rings. The average molecular weight is 436 g/mol. The maximum atomic E-state index is 13.1. The molecule has 2 aromatic rings. The summed E-state index contributed by atoms with van der Waals surface area (Å²) >= 11 is 0. The number of hydrogen-bond donors (Lipinski definition) is 2. The second kappa shape index (κ2) is 7.60. The summed E-state index contributed by atoms with van der Waals surface area (Å²) in [6.45, 7) is -0.273. The standard InChI is InChI=1S/C19H19F3N6O3/c1-26-7-2-3-13(17(26)30)25-18(31)28-11-6-8-27(9-11)14-5-4-12(24-15(14)28)16(29)23-10-19(20,21)22/h2-5,7,11H,6,8-10H2,1H3,(H,23,29)(H,25,31)/t11-/m0/s1. The minimum absolute atomic E-state index is 0.0797. The Labute approximate surface area is 174 Å². The van der Waals surface area contributed by atoms with Crippen molar-refractivity contribution in [2.45, 2.75) is 18.6 Å². The first-order valence-corrected chi connectivity index (χ1v) is 9.51. The third-order valence-corrected chi connectivity index (χ3v) is 5.22. The molecule has 0 radical (unpaired) electrons. The molecule has 4 rings (SSSR count). The Hall–Kier alpha value is -3.57. The summed E-state index contributed by atoms with van der Waals surface area (Å²) in [5, 5.41) is 4.36. The molecule has 31 heavy (non-hydrogen) atoms. The van der Waals surface area contributed by atoms with Crippen molar-refractivity contribution in [3.8, 4) is 0 Å². The first kappa shape index (κ1) is 20.7. The van der Waals surface area contributed by atoms with E-state index in [1.54, 1.807) is 30.7 Å². The van der Waals surface area contributed by atoms with Crippen molar-refractivity contribution < 1.29 is 22.8 Å². The van der Waals surface area contributed by atoms with Crippen LogP contribution in [0.5, 0.6) is 0 Å². The van der Waals surface area contributed by atoms with Gasteiger partial charge in [0.1, 0.15) is 17.9 Å². The van der Waals surface area contributed by atoms with Gasteiger partial charge in [-0.15, -0.1) is 0 Å². The number of hydrogen-bond acceptors (Lipinski definition) is 5. The summed E-state index contributed by atoms with van der Waals surface area (Å²) in [5.74, 6) is -0.830. The van der Waals surface area contributed by atoms with Gasteiger partial charge in [0.15, 0.2) is 5.82 Å². The molecule has 2 bridgehead atoms. The third kappa shape index (κ3) is 4.05. The van der Waals surface area contributed by atoms with Crippen molar-refractivity contribution >= 4 is 29.1 Å². The molecule has 1 fully saturated rings. The molecule has 1 saturated heterocycles. The van der Waals surface area contributed by atoms with Crippen LogP contribution in [0.3, 0.4) is 0 Å². The van der Waals surface area contributed by atoms with Crippen molar-refractivity contribution in [3.63, 3.8) is 0 Å². The molecule has 2 aromatic heterocycles. The van der Waals surface area contributed by atoms with E-state index < -0.39 is 30.2 Å². The van der Waals surface area contributed by atoms with Crippen LogP contribution in [0.25, 0.3) is 0 Å². The molecule has 164 valence electrons. The van der Waals surface area contributed by atoms with Crippen molar-refractivity contribution in [2.75, 3.05) is 34.8 Å². The van der Waals surface area contributed by atoms with E-state index in [0.29, 0.717) is 25.2 Å². The number of anilines is 3. The molecular formula is C19H19F3N6O3. The van der Waals surface area contributed by atoms with Gasteiger partial charge in [-0.25, -0.2) is 9.78 Å². The third-order valence-electron chi connectivity index (χ3n) is 5.22. The molecule has 4 heterocycles. The van der Waals surface area contributed by atoms with Gasteiger partial charge in [-0.05, 0) is 30.7 Å². The fourth-order valence-electron chi connectivity index (χ4n) is 3.74. The zero-order valence-electron chi connectivity index (χ0n) is 16.4. The van der Waals surface area contributed by atoms with E-state index in [-0.39, 0.29) is 23.2 Å². The van der Waals surface area contributed by atoms with Crippen molar-refractivity contribution in [1.82, 2.24) is 14.9 Å². The Kier molecular flexibility index (Phi) is 5.07. The highest BCUT2D eigenvalue weighted by Gasteiger charge is 2.40. The maximum Gasteiger partial charge on any atom is 0.405 e. The molecule has 3 amide bonds. The zero-order valence-corrected chi connectivity index (χ0v) is 16.4. The van der Waals surface area contributed by atoms with Crippen molar-refractivity contribution in [2.24, 2.45) is 7.05 Å². The number of carbonyl (C=O) groups excluding carboxylic acids is 2. The summed E-state index contributed by atoms with van der Waals surface area (Å²) in [6, 6.07) is 5.12. The molecule has 0 unspecified atom stereocenters. The first-order valence-electron chi connectivity index (χ1n) is 9.51. The molecular weight excluding hydrogens is 417 g/mol. The van der Waals surface area contributed by atoms with Crippen LogP contribution in [0.2, 0.25) is 0 Å². The SMILES string of the molecule is Cn1cccc(NC(=O)N2c3nc(C(=O)NCC(F)(F)F)ccc3N3CC[C@H]2C3)c1=O. The highest BCUT2D eigenvalue weighted by atomic mass is 19.4. The summed E-state index contributed by atoms with van der Waals surface area (Å²) < 4.78 is 38.6. The van der Waals surface area contributed by atoms with Crippen LogP contribution in [-0.4, -0.2) is 53.3 Å². The monoisotopic (exact) mass is 436 g/mol. The lowest BCUT2D eigenvalue weighted by molar-refractivity contribution is -0.123. The van der Waals surface area contributed by atoms with Crippen molar-refractivity contribution in [1.29, 1.82) is 0 Å². The van der Waals surface area contributed by atoms with Gasteiger partial charge in [-0.1, -0.05) is 0 Å². The quantitative estimate of drug-likeness (QED) is 0.763. The van der Waals surface area contributed by atoms with Crippen LogP contribution >= 0.6 is 0 Å². The number of aryl methyl sites for hydroxylation is 1.